The highest BCUT2D eigenvalue weighted by Gasteiger charge is 2.32. The molecule has 0 saturated heterocycles. The van der Waals surface area contributed by atoms with Crippen LogP contribution in [0.15, 0.2) is 40.3 Å². The molecule has 1 aliphatic rings. The highest BCUT2D eigenvalue weighted by molar-refractivity contribution is 6.30. The third kappa shape index (κ3) is 1.36. The number of aliphatic hydroxyl groups excluding tert-OH is 1. The molecular weight excluding hydrogens is 176 g/mol. The largest absolute Gasteiger partial charge is 0.391 e. The Kier molecular flexibility index (Phi) is 2.17. The van der Waals surface area contributed by atoms with E-state index >= 15 is 0 Å². The lowest BCUT2D eigenvalue weighted by molar-refractivity contribution is 0.207. The van der Waals surface area contributed by atoms with E-state index in [9.17, 15) is 5.11 Å². The van der Waals surface area contributed by atoms with Gasteiger partial charge >= 0.3 is 0 Å². The molecule has 1 N–H and O–H groups in total. The molecule has 3 heteroatoms. The molecule has 0 spiro atoms. The normalized spacial score (nSPS) is 25.1. The molecule has 0 bridgehead atoms. The Hall–Kier alpha value is -1.48. The van der Waals surface area contributed by atoms with Crippen molar-refractivity contribution in [2.75, 3.05) is 6.61 Å². The molecule has 1 aromatic rings. The van der Waals surface area contributed by atoms with E-state index in [4.69, 9.17) is 0 Å². The summed E-state index contributed by atoms with van der Waals surface area (Å²) in [6, 6.07) is 9.63. The van der Waals surface area contributed by atoms with Crippen molar-refractivity contribution in [3.05, 3.63) is 35.9 Å². The van der Waals surface area contributed by atoms with Crippen molar-refractivity contribution in [1.29, 1.82) is 0 Å². The molecule has 1 heterocycles. The van der Waals surface area contributed by atoms with Gasteiger partial charge in [0.2, 0.25) is 0 Å². The molecule has 1 unspecified atom stereocenters. The van der Waals surface area contributed by atoms with Crippen LogP contribution in [0.1, 0.15) is 12.5 Å². The predicted octanol–water partition coefficient (Wildman–Crippen LogP) is 1.38. The summed E-state index contributed by atoms with van der Waals surface area (Å²) >= 11 is 0. The molecular formula is C11H12N2O. The van der Waals surface area contributed by atoms with Crippen molar-refractivity contribution >= 4 is 11.9 Å². The minimum Gasteiger partial charge on any atom is -0.391 e. The third-order valence-electron chi connectivity index (χ3n) is 2.28. The van der Waals surface area contributed by atoms with Gasteiger partial charge in [0.25, 0.3) is 0 Å². The maximum Gasteiger partial charge on any atom is 0.198 e. The predicted molar refractivity (Wildman–Crippen MR) is 56.8 cm³/mol. The molecule has 1 atom stereocenters. The number of aliphatic hydroxyl groups is 1. The van der Waals surface area contributed by atoms with E-state index in [1.165, 1.54) is 0 Å². The first-order chi connectivity index (χ1) is 6.77. The second kappa shape index (κ2) is 3.35. The van der Waals surface area contributed by atoms with Gasteiger partial charge in [-0.2, -0.15) is 0 Å². The molecule has 3 nitrogen and oxygen atoms in total. The van der Waals surface area contributed by atoms with E-state index in [0.29, 0.717) is 0 Å². The van der Waals surface area contributed by atoms with Crippen LogP contribution in [0.4, 0.5) is 0 Å². The summed E-state index contributed by atoms with van der Waals surface area (Å²) in [6.45, 7) is 1.79. The van der Waals surface area contributed by atoms with Gasteiger partial charge in [0, 0.05) is 11.8 Å². The Balaban J connectivity index is 2.46. The molecule has 0 saturated carbocycles. The Labute approximate surface area is 82.8 Å². The second-order valence-corrected chi connectivity index (χ2v) is 3.35. The Morgan fingerprint density at radius 2 is 2.00 bits per heavy atom. The van der Waals surface area contributed by atoms with E-state index in [2.05, 4.69) is 9.98 Å². The first-order valence-corrected chi connectivity index (χ1v) is 4.55. The average Bonchev–Trinajstić information content (AvgIpc) is 2.63. The summed E-state index contributed by atoms with van der Waals surface area (Å²) in [5.41, 5.74) is 0.990. The topological polar surface area (TPSA) is 45.0 Å². The van der Waals surface area contributed by atoms with Gasteiger partial charge in [-0.3, -0.25) is 9.98 Å². The van der Waals surface area contributed by atoms with Crippen LogP contribution < -0.4 is 0 Å². The minimum absolute atomic E-state index is 0.0924. The summed E-state index contributed by atoms with van der Waals surface area (Å²) in [4.78, 5) is 8.61. The van der Waals surface area contributed by atoms with E-state index < -0.39 is 5.66 Å². The maximum absolute atomic E-state index is 9.37. The molecule has 0 amide bonds. The zero-order valence-electron chi connectivity index (χ0n) is 8.01. The molecule has 0 aliphatic carbocycles. The van der Waals surface area contributed by atoms with E-state index in [1.807, 2.05) is 37.3 Å². The lowest BCUT2D eigenvalue weighted by Crippen LogP contribution is -2.23. The summed E-state index contributed by atoms with van der Waals surface area (Å²) in [6.07, 6.45) is 1.70. The van der Waals surface area contributed by atoms with Gasteiger partial charge in [-0.15, -0.1) is 0 Å². The van der Waals surface area contributed by atoms with Gasteiger partial charge in [-0.05, 0) is 6.92 Å². The Bertz CT molecular complexity index is 384. The molecule has 2 rings (SSSR count). The number of hydrogen-bond donors (Lipinski definition) is 1. The number of aliphatic imine (C=N–C) groups is 2. The fraction of sp³-hybridized carbons (Fsp3) is 0.273. The molecule has 0 fully saturated rings. The monoisotopic (exact) mass is 188 g/mol. The van der Waals surface area contributed by atoms with Gasteiger partial charge in [0.1, 0.15) is 0 Å². The number of rotatable bonds is 2. The van der Waals surface area contributed by atoms with E-state index in [-0.39, 0.29) is 6.61 Å². The van der Waals surface area contributed by atoms with Gasteiger partial charge < -0.3 is 5.11 Å². The van der Waals surface area contributed by atoms with Crippen molar-refractivity contribution < 1.29 is 5.11 Å². The van der Waals surface area contributed by atoms with Crippen LogP contribution in [0, 0.1) is 0 Å². The van der Waals surface area contributed by atoms with Crippen molar-refractivity contribution in [2.24, 2.45) is 9.98 Å². The highest BCUT2D eigenvalue weighted by Crippen LogP contribution is 2.29. The van der Waals surface area contributed by atoms with Crippen LogP contribution in [-0.2, 0) is 5.66 Å². The van der Waals surface area contributed by atoms with Crippen LogP contribution in [0.25, 0.3) is 0 Å². The number of benzene rings is 1. The summed E-state index contributed by atoms with van der Waals surface area (Å²) in [5.74, 6) is 0. The summed E-state index contributed by atoms with van der Waals surface area (Å²) in [7, 11) is 0. The zero-order chi connectivity index (χ0) is 10.0. The summed E-state index contributed by atoms with van der Waals surface area (Å²) in [5, 5.41) is 9.37. The molecule has 72 valence electrons. The first kappa shape index (κ1) is 9.09. The molecule has 14 heavy (non-hydrogen) atoms. The average molecular weight is 188 g/mol. The third-order valence-corrected chi connectivity index (χ3v) is 2.28. The summed E-state index contributed by atoms with van der Waals surface area (Å²) < 4.78 is 0. The van der Waals surface area contributed by atoms with Gasteiger partial charge in [0.15, 0.2) is 5.66 Å². The van der Waals surface area contributed by atoms with Crippen molar-refractivity contribution in [3.8, 4) is 0 Å². The zero-order valence-corrected chi connectivity index (χ0v) is 8.01. The second-order valence-electron chi connectivity index (χ2n) is 3.35. The van der Waals surface area contributed by atoms with Gasteiger partial charge in [-0.25, -0.2) is 0 Å². The fourth-order valence-electron chi connectivity index (χ4n) is 1.56. The first-order valence-electron chi connectivity index (χ1n) is 4.55. The Morgan fingerprint density at radius 1 is 1.29 bits per heavy atom. The van der Waals surface area contributed by atoms with E-state index in [0.717, 1.165) is 11.3 Å². The van der Waals surface area contributed by atoms with Crippen LogP contribution in [0.3, 0.4) is 0 Å². The van der Waals surface area contributed by atoms with Crippen molar-refractivity contribution in [1.82, 2.24) is 0 Å². The lowest BCUT2D eigenvalue weighted by Gasteiger charge is -2.20. The molecule has 0 aromatic heterocycles. The van der Waals surface area contributed by atoms with Gasteiger partial charge in [-0.1, -0.05) is 30.3 Å². The minimum atomic E-state index is -0.786. The molecule has 1 aliphatic heterocycles. The van der Waals surface area contributed by atoms with Gasteiger partial charge in [0.05, 0.1) is 12.3 Å². The SMILES string of the molecule is CC1=NC(CO)(c2ccccc2)N=C1. The number of nitrogens with zero attached hydrogens (tertiary/aromatic N) is 2. The molecule has 1 aromatic carbocycles. The molecule has 0 radical (unpaired) electrons. The lowest BCUT2D eigenvalue weighted by atomic mass is 10.0. The van der Waals surface area contributed by atoms with E-state index in [1.54, 1.807) is 6.21 Å². The van der Waals surface area contributed by atoms with Crippen LogP contribution >= 0.6 is 0 Å². The Morgan fingerprint density at radius 3 is 2.50 bits per heavy atom. The van der Waals surface area contributed by atoms with Crippen molar-refractivity contribution in [2.45, 2.75) is 12.6 Å². The standard InChI is InChI=1S/C11H12N2O/c1-9-7-12-11(8-14,13-9)10-5-3-2-4-6-10/h2-7,14H,8H2,1H3. The highest BCUT2D eigenvalue weighted by atomic mass is 16.3. The fourth-order valence-corrected chi connectivity index (χ4v) is 1.56. The number of hydrogen-bond acceptors (Lipinski definition) is 3. The maximum atomic E-state index is 9.37. The van der Waals surface area contributed by atoms with Crippen LogP contribution in [-0.4, -0.2) is 23.6 Å². The van der Waals surface area contributed by atoms with Crippen LogP contribution in [0.5, 0.6) is 0 Å². The van der Waals surface area contributed by atoms with Crippen LogP contribution in [0.2, 0.25) is 0 Å². The van der Waals surface area contributed by atoms with Crippen molar-refractivity contribution in [3.63, 3.8) is 0 Å². The smallest absolute Gasteiger partial charge is 0.198 e. The quantitative estimate of drug-likeness (QED) is 0.748.